The first-order chi connectivity index (χ1) is 19.3. The number of benzene rings is 1. The van der Waals surface area contributed by atoms with Gasteiger partial charge in [0.1, 0.15) is 11.0 Å². The summed E-state index contributed by atoms with van der Waals surface area (Å²) in [5.74, 6) is -2.43. The summed E-state index contributed by atoms with van der Waals surface area (Å²) in [4.78, 5) is 43.5. The molecule has 224 valence electrons. The van der Waals surface area contributed by atoms with Crippen molar-refractivity contribution >= 4 is 69.6 Å². The van der Waals surface area contributed by atoms with E-state index in [1.807, 2.05) is 0 Å². The Balaban J connectivity index is 0.000000669. The topological polar surface area (TPSA) is 224 Å². The maximum atomic E-state index is 11.8. The predicted octanol–water partition coefficient (Wildman–Crippen LogP) is 1.92. The number of ether oxygens (including phenoxy) is 4. The highest BCUT2D eigenvalue weighted by molar-refractivity contribution is 7.86. The van der Waals surface area contributed by atoms with Gasteiger partial charge in [0.05, 0.1) is 38.9 Å². The number of oxime groups is 1. The zero-order valence-corrected chi connectivity index (χ0v) is 25.1. The number of nitrogens with zero attached hydrogens (tertiary/aromatic N) is 3. The molecule has 0 spiro atoms. The van der Waals surface area contributed by atoms with Crippen molar-refractivity contribution in [1.82, 2.24) is 4.37 Å². The van der Waals surface area contributed by atoms with E-state index in [1.54, 1.807) is 26.0 Å². The number of aryl methyl sites for hydroxylation is 1. The second-order valence-corrected chi connectivity index (χ2v) is 9.45. The van der Waals surface area contributed by atoms with Crippen molar-refractivity contribution in [3.63, 3.8) is 0 Å². The summed E-state index contributed by atoms with van der Waals surface area (Å²) in [7, 11) is -1.62. The molecular formula is C23H28N4O11S3. The SMILES string of the molecule is CCOC(=O)/C(C#N)=N/OS(=O)(=O)c1ccc(C)cc1.CCOC(=O)c1nsc(C(=O)OC)c1N.COC(=O)CS. The second kappa shape index (κ2) is 19.0. The number of hydrogen-bond donors (Lipinski definition) is 2. The Kier molecular flexibility index (Phi) is 17.0. The molecule has 0 radical (unpaired) electrons. The van der Waals surface area contributed by atoms with Crippen LogP contribution in [0.25, 0.3) is 0 Å². The molecule has 1 aromatic carbocycles. The number of nitrogen functional groups attached to an aromatic ring is 1. The highest BCUT2D eigenvalue weighted by atomic mass is 32.2. The average molecular weight is 633 g/mol. The summed E-state index contributed by atoms with van der Waals surface area (Å²) in [5, 5.41) is 11.7. The molecule has 0 fully saturated rings. The van der Waals surface area contributed by atoms with E-state index in [0.717, 1.165) is 17.1 Å². The van der Waals surface area contributed by atoms with Crippen molar-refractivity contribution in [2.75, 3.05) is 38.9 Å². The third-order valence-electron chi connectivity index (χ3n) is 4.04. The zero-order valence-electron chi connectivity index (χ0n) is 22.6. The highest BCUT2D eigenvalue weighted by Gasteiger charge is 2.23. The smallest absolute Gasteiger partial charge is 0.371 e. The van der Waals surface area contributed by atoms with E-state index in [-0.39, 0.29) is 46.1 Å². The zero-order chi connectivity index (χ0) is 31.6. The molecule has 2 aromatic rings. The van der Waals surface area contributed by atoms with Gasteiger partial charge in [-0.2, -0.15) is 30.7 Å². The van der Waals surface area contributed by atoms with Crippen LogP contribution >= 0.6 is 24.2 Å². The van der Waals surface area contributed by atoms with E-state index >= 15 is 0 Å². The molecule has 0 unspecified atom stereocenters. The van der Waals surface area contributed by atoms with E-state index in [4.69, 9.17) is 15.7 Å². The maximum absolute atomic E-state index is 11.8. The van der Waals surface area contributed by atoms with E-state index in [2.05, 4.69) is 40.7 Å². The number of methoxy groups -OCH3 is 2. The van der Waals surface area contributed by atoms with Crippen LogP contribution in [0.15, 0.2) is 34.3 Å². The van der Waals surface area contributed by atoms with Crippen LogP contribution in [0.3, 0.4) is 0 Å². The summed E-state index contributed by atoms with van der Waals surface area (Å²) in [6.07, 6.45) is 0. The largest absolute Gasteiger partial charge is 0.468 e. The molecule has 0 atom stereocenters. The van der Waals surface area contributed by atoms with Crippen LogP contribution in [-0.4, -0.2) is 75.6 Å². The van der Waals surface area contributed by atoms with Gasteiger partial charge in [-0.15, -0.1) is 0 Å². The van der Waals surface area contributed by atoms with Gasteiger partial charge in [-0.1, -0.05) is 17.7 Å². The van der Waals surface area contributed by atoms with Gasteiger partial charge in [0.25, 0.3) is 5.71 Å². The summed E-state index contributed by atoms with van der Waals surface area (Å²) in [5.41, 5.74) is 5.62. The standard InChI is InChI=1S/C12H12N2O5S.C8H10N2O4S.C3H6O2S/c1-3-18-12(15)11(8-13)14-19-20(16,17)10-6-4-9(2)5-7-10;1-3-14-7(11)5-4(9)6(15-10-5)8(12)13-2;1-5-3(4)2-6/h4-7H,3H2,1-2H3;3,9H2,1-2H3;6H,2H2,1H3/b14-11+;;. The van der Waals surface area contributed by atoms with Gasteiger partial charge in [-0.25, -0.2) is 14.4 Å². The van der Waals surface area contributed by atoms with Crippen LogP contribution < -0.4 is 5.73 Å². The molecule has 0 aliphatic heterocycles. The fourth-order valence-electron chi connectivity index (χ4n) is 2.09. The van der Waals surface area contributed by atoms with Crippen molar-refractivity contribution in [1.29, 1.82) is 5.26 Å². The van der Waals surface area contributed by atoms with Gasteiger partial charge in [0, 0.05) is 0 Å². The molecule has 0 amide bonds. The molecule has 0 aliphatic rings. The molecule has 0 saturated carbocycles. The summed E-state index contributed by atoms with van der Waals surface area (Å²) in [6.45, 7) is 5.26. The number of thiol groups is 1. The molecule has 0 aliphatic carbocycles. The van der Waals surface area contributed by atoms with E-state index in [0.29, 0.717) is 0 Å². The van der Waals surface area contributed by atoms with Gasteiger partial charge in [-0.3, -0.25) is 9.08 Å². The molecule has 41 heavy (non-hydrogen) atoms. The van der Waals surface area contributed by atoms with Crippen molar-refractivity contribution < 1.29 is 50.8 Å². The average Bonchev–Trinajstić information content (AvgIpc) is 3.34. The summed E-state index contributed by atoms with van der Waals surface area (Å²) < 4.78 is 49.4. The lowest BCUT2D eigenvalue weighted by Crippen LogP contribution is -2.17. The summed E-state index contributed by atoms with van der Waals surface area (Å²) >= 11 is 4.43. The van der Waals surface area contributed by atoms with E-state index in [9.17, 15) is 27.6 Å². The van der Waals surface area contributed by atoms with Crippen LogP contribution in [0, 0.1) is 18.3 Å². The van der Waals surface area contributed by atoms with E-state index < -0.39 is 33.7 Å². The number of esters is 4. The first-order valence-corrected chi connectivity index (χ1v) is 14.0. The van der Waals surface area contributed by atoms with Gasteiger partial charge in [0.2, 0.25) is 0 Å². The van der Waals surface area contributed by atoms with Crippen LogP contribution in [0.1, 0.15) is 39.6 Å². The minimum absolute atomic E-state index is 0.00491. The molecule has 1 aromatic heterocycles. The minimum Gasteiger partial charge on any atom is -0.468 e. The lowest BCUT2D eigenvalue weighted by molar-refractivity contribution is -0.137. The normalized spacial score (nSPS) is 10.3. The molecule has 0 saturated heterocycles. The number of hydrogen-bond acceptors (Lipinski definition) is 17. The number of anilines is 1. The molecule has 15 nitrogen and oxygen atoms in total. The van der Waals surface area contributed by atoms with Gasteiger partial charge in [-0.05, 0) is 49.6 Å². The fourth-order valence-corrected chi connectivity index (χ4v) is 3.65. The van der Waals surface area contributed by atoms with Gasteiger partial charge >= 0.3 is 34.0 Å². The third-order valence-corrected chi connectivity index (χ3v) is 6.26. The molecular weight excluding hydrogens is 604 g/mol. The first kappa shape index (κ1) is 36.8. The Bertz CT molecular complexity index is 1360. The molecule has 0 bridgehead atoms. The molecule has 18 heteroatoms. The lowest BCUT2D eigenvalue weighted by atomic mass is 10.2. The first-order valence-electron chi connectivity index (χ1n) is 11.2. The number of rotatable bonds is 9. The minimum atomic E-state index is -4.18. The van der Waals surface area contributed by atoms with Crippen molar-refractivity contribution in [2.24, 2.45) is 5.16 Å². The Morgan fingerprint density at radius 3 is 2.07 bits per heavy atom. The van der Waals surface area contributed by atoms with Crippen LogP contribution in [-0.2, 0) is 42.9 Å². The molecule has 2 rings (SSSR count). The van der Waals surface area contributed by atoms with E-state index in [1.165, 1.54) is 39.3 Å². The van der Waals surface area contributed by atoms with Crippen molar-refractivity contribution in [3.05, 3.63) is 40.4 Å². The number of nitriles is 1. The van der Waals surface area contributed by atoms with Crippen molar-refractivity contribution in [3.8, 4) is 6.07 Å². The van der Waals surface area contributed by atoms with Crippen molar-refractivity contribution in [2.45, 2.75) is 25.7 Å². The Hall–Kier alpha value is -4.21. The third kappa shape index (κ3) is 12.7. The number of nitrogens with two attached hydrogens (primary N) is 1. The van der Waals surface area contributed by atoms with Gasteiger partial charge < -0.3 is 24.7 Å². The maximum Gasteiger partial charge on any atom is 0.371 e. The quantitative estimate of drug-likeness (QED) is 0.132. The van der Waals surface area contributed by atoms with Crippen LogP contribution in [0.4, 0.5) is 5.69 Å². The predicted molar refractivity (Wildman–Crippen MR) is 149 cm³/mol. The number of carbonyl (C=O) groups excluding carboxylic acids is 4. The Labute approximate surface area is 245 Å². The van der Waals surface area contributed by atoms with Crippen LogP contribution in [0.5, 0.6) is 0 Å². The molecule has 2 N–H and O–H groups in total. The monoisotopic (exact) mass is 632 g/mol. The Morgan fingerprint density at radius 2 is 1.63 bits per heavy atom. The molecule has 1 heterocycles. The lowest BCUT2D eigenvalue weighted by Gasteiger charge is -2.02. The summed E-state index contributed by atoms with van der Waals surface area (Å²) in [6, 6.07) is 7.23. The van der Waals surface area contributed by atoms with Gasteiger partial charge in [0.15, 0.2) is 10.6 Å². The second-order valence-electron chi connectivity index (χ2n) is 6.83. The number of carbonyl (C=O) groups is 4. The number of aromatic nitrogens is 1. The highest BCUT2D eigenvalue weighted by Crippen LogP contribution is 2.23. The Morgan fingerprint density at radius 1 is 1.05 bits per heavy atom. The fraction of sp³-hybridized carbons (Fsp3) is 0.348. The van der Waals surface area contributed by atoms with Crippen LogP contribution in [0.2, 0.25) is 0 Å².